The third-order valence-corrected chi connectivity index (χ3v) is 4.58. The monoisotopic (exact) mass is 352 g/mol. The highest BCUT2D eigenvalue weighted by Gasteiger charge is 2.14. The van der Waals surface area contributed by atoms with Crippen LogP contribution in [0.4, 0.5) is 10.1 Å². The number of rotatable bonds is 7. The highest BCUT2D eigenvalue weighted by atomic mass is 32.2. The number of nitrogens with one attached hydrogen (secondary N) is 2. The molecule has 0 saturated carbocycles. The highest BCUT2D eigenvalue weighted by molar-refractivity contribution is 7.89. The molecule has 8 heteroatoms. The highest BCUT2D eigenvalue weighted by Crippen LogP contribution is 2.14. The van der Waals surface area contributed by atoms with E-state index in [1.165, 1.54) is 49.6 Å². The number of methoxy groups -OCH3 is 1. The van der Waals surface area contributed by atoms with E-state index >= 15 is 0 Å². The molecule has 2 N–H and O–H groups in total. The lowest BCUT2D eigenvalue weighted by Gasteiger charge is -2.08. The summed E-state index contributed by atoms with van der Waals surface area (Å²) in [5.41, 5.74) is 0.577. The first kappa shape index (κ1) is 18.1. The van der Waals surface area contributed by atoms with E-state index < -0.39 is 21.7 Å². The minimum Gasteiger partial charge on any atom is -0.383 e. The molecule has 0 unspecified atom stereocenters. The lowest BCUT2D eigenvalue weighted by Crippen LogP contribution is -2.27. The molecule has 0 heterocycles. The Morgan fingerprint density at radius 3 is 2.50 bits per heavy atom. The third-order valence-electron chi connectivity index (χ3n) is 3.11. The van der Waals surface area contributed by atoms with Crippen LogP contribution in [0.5, 0.6) is 0 Å². The topological polar surface area (TPSA) is 84.5 Å². The molecule has 0 saturated heterocycles. The summed E-state index contributed by atoms with van der Waals surface area (Å²) in [6, 6.07) is 10.9. The van der Waals surface area contributed by atoms with Crippen molar-refractivity contribution < 1.29 is 22.3 Å². The molecule has 0 radical (unpaired) electrons. The number of halogens is 1. The third kappa shape index (κ3) is 4.85. The predicted octanol–water partition coefficient (Wildman–Crippen LogP) is 2.00. The summed E-state index contributed by atoms with van der Waals surface area (Å²) in [5.74, 6) is -0.923. The Hall–Kier alpha value is -2.29. The number of carbonyl (C=O) groups excluding carboxylic acids is 1. The largest absolute Gasteiger partial charge is 0.383 e. The summed E-state index contributed by atoms with van der Waals surface area (Å²) < 4.78 is 44.3. The van der Waals surface area contributed by atoms with Gasteiger partial charge in [-0.3, -0.25) is 4.79 Å². The molecule has 2 aromatic rings. The van der Waals surface area contributed by atoms with Crippen LogP contribution in [-0.2, 0) is 14.8 Å². The van der Waals surface area contributed by atoms with Crippen molar-refractivity contribution >= 4 is 21.6 Å². The Kier molecular flexibility index (Phi) is 6.02. The maximum atomic E-state index is 13.1. The van der Waals surface area contributed by atoms with Crippen LogP contribution in [0.15, 0.2) is 53.4 Å². The van der Waals surface area contributed by atoms with E-state index in [1.807, 2.05) is 0 Å². The molecular weight excluding hydrogens is 335 g/mol. The van der Waals surface area contributed by atoms with Crippen molar-refractivity contribution in [3.8, 4) is 0 Å². The lowest BCUT2D eigenvalue weighted by atomic mass is 10.2. The zero-order chi connectivity index (χ0) is 17.6. The van der Waals surface area contributed by atoms with Gasteiger partial charge in [0, 0.05) is 24.9 Å². The molecule has 0 aliphatic carbocycles. The van der Waals surface area contributed by atoms with Crippen LogP contribution in [0.25, 0.3) is 0 Å². The van der Waals surface area contributed by atoms with Gasteiger partial charge < -0.3 is 10.1 Å². The molecule has 2 rings (SSSR count). The van der Waals surface area contributed by atoms with Gasteiger partial charge in [0.2, 0.25) is 10.0 Å². The van der Waals surface area contributed by atoms with Crippen molar-refractivity contribution in [2.75, 3.05) is 25.6 Å². The maximum absolute atomic E-state index is 13.1. The van der Waals surface area contributed by atoms with Gasteiger partial charge in [-0.2, -0.15) is 0 Å². The second-order valence-corrected chi connectivity index (χ2v) is 6.65. The number of hydrogen-bond donors (Lipinski definition) is 2. The van der Waals surface area contributed by atoms with Gasteiger partial charge in [-0.1, -0.05) is 6.07 Å². The van der Waals surface area contributed by atoms with Crippen LogP contribution in [0.1, 0.15) is 10.4 Å². The smallest absolute Gasteiger partial charge is 0.255 e. The summed E-state index contributed by atoms with van der Waals surface area (Å²) in [6.07, 6.45) is 0. The van der Waals surface area contributed by atoms with Gasteiger partial charge in [-0.05, 0) is 42.5 Å². The molecule has 0 aliphatic heterocycles. The number of hydrogen-bond acceptors (Lipinski definition) is 4. The molecule has 0 aromatic heterocycles. The SMILES string of the molecule is COCCNS(=O)(=O)c1ccc(C(=O)Nc2cccc(F)c2)cc1. The fraction of sp³-hybridized carbons (Fsp3) is 0.188. The first-order chi connectivity index (χ1) is 11.4. The van der Waals surface area contributed by atoms with Crippen molar-refractivity contribution in [3.05, 3.63) is 59.9 Å². The van der Waals surface area contributed by atoms with Gasteiger partial charge in [0.15, 0.2) is 0 Å². The van der Waals surface area contributed by atoms with E-state index in [2.05, 4.69) is 10.0 Å². The second kappa shape index (κ2) is 8.00. The molecule has 6 nitrogen and oxygen atoms in total. The molecule has 24 heavy (non-hydrogen) atoms. The predicted molar refractivity (Wildman–Crippen MR) is 87.9 cm³/mol. The molecular formula is C16H17FN2O4S. The fourth-order valence-electron chi connectivity index (χ4n) is 1.92. The van der Waals surface area contributed by atoms with Gasteiger partial charge in [-0.25, -0.2) is 17.5 Å². The fourth-order valence-corrected chi connectivity index (χ4v) is 2.93. The zero-order valence-electron chi connectivity index (χ0n) is 13.0. The summed E-state index contributed by atoms with van der Waals surface area (Å²) >= 11 is 0. The van der Waals surface area contributed by atoms with Gasteiger partial charge in [0.25, 0.3) is 5.91 Å². The van der Waals surface area contributed by atoms with Crippen LogP contribution in [0.2, 0.25) is 0 Å². The number of amides is 1. The molecule has 0 bridgehead atoms. The molecule has 0 spiro atoms. The number of carbonyl (C=O) groups is 1. The van der Waals surface area contributed by atoms with Crippen LogP contribution in [0, 0.1) is 5.82 Å². The number of ether oxygens (including phenoxy) is 1. The average Bonchev–Trinajstić information content (AvgIpc) is 2.55. The van der Waals surface area contributed by atoms with Gasteiger partial charge >= 0.3 is 0 Å². The standard InChI is InChI=1S/C16H17FN2O4S/c1-23-10-9-18-24(21,22)15-7-5-12(6-8-15)16(20)19-14-4-2-3-13(17)11-14/h2-8,11,18H,9-10H2,1H3,(H,19,20). The van der Waals surface area contributed by atoms with Crippen LogP contribution in [0.3, 0.4) is 0 Å². The number of anilines is 1. The molecule has 128 valence electrons. The van der Waals surface area contributed by atoms with Crippen molar-refractivity contribution in [1.29, 1.82) is 0 Å². The maximum Gasteiger partial charge on any atom is 0.255 e. The average molecular weight is 352 g/mol. The Bertz CT molecular complexity index is 807. The molecule has 2 aromatic carbocycles. The summed E-state index contributed by atoms with van der Waals surface area (Å²) in [6.45, 7) is 0.411. The van der Waals surface area contributed by atoms with Crippen molar-refractivity contribution in [3.63, 3.8) is 0 Å². The Morgan fingerprint density at radius 1 is 1.17 bits per heavy atom. The van der Waals surface area contributed by atoms with Crippen molar-refractivity contribution in [1.82, 2.24) is 4.72 Å². The van der Waals surface area contributed by atoms with Crippen molar-refractivity contribution in [2.24, 2.45) is 0 Å². The van der Waals surface area contributed by atoms with Crippen LogP contribution < -0.4 is 10.0 Å². The molecule has 0 aliphatic rings. The summed E-state index contributed by atoms with van der Waals surface area (Å²) in [4.78, 5) is 12.1. The summed E-state index contributed by atoms with van der Waals surface area (Å²) in [5, 5.41) is 2.54. The minimum atomic E-state index is -3.65. The van der Waals surface area contributed by atoms with E-state index in [1.54, 1.807) is 6.07 Å². The van der Waals surface area contributed by atoms with Crippen LogP contribution in [-0.4, -0.2) is 34.6 Å². The van der Waals surface area contributed by atoms with E-state index in [0.29, 0.717) is 5.69 Å². The van der Waals surface area contributed by atoms with Gasteiger partial charge in [-0.15, -0.1) is 0 Å². The zero-order valence-corrected chi connectivity index (χ0v) is 13.8. The number of benzene rings is 2. The van der Waals surface area contributed by atoms with Crippen molar-refractivity contribution in [2.45, 2.75) is 4.90 Å². The second-order valence-electron chi connectivity index (χ2n) is 4.88. The summed E-state index contributed by atoms with van der Waals surface area (Å²) in [7, 11) is -2.18. The normalized spacial score (nSPS) is 11.2. The molecule has 1 amide bonds. The number of sulfonamides is 1. The van der Waals surface area contributed by atoms with Crippen LogP contribution >= 0.6 is 0 Å². The first-order valence-electron chi connectivity index (χ1n) is 7.08. The lowest BCUT2D eigenvalue weighted by molar-refractivity contribution is 0.102. The van der Waals surface area contributed by atoms with E-state index in [4.69, 9.17) is 4.74 Å². The van der Waals surface area contributed by atoms with E-state index in [0.717, 1.165) is 0 Å². The first-order valence-corrected chi connectivity index (χ1v) is 8.56. The molecule has 0 fully saturated rings. The van der Waals surface area contributed by atoms with Gasteiger partial charge in [0.1, 0.15) is 5.82 Å². The minimum absolute atomic E-state index is 0.0425. The molecule has 0 atom stereocenters. The quantitative estimate of drug-likeness (QED) is 0.747. The van der Waals surface area contributed by atoms with Gasteiger partial charge in [0.05, 0.1) is 11.5 Å². The Morgan fingerprint density at radius 2 is 1.88 bits per heavy atom. The van der Waals surface area contributed by atoms with E-state index in [9.17, 15) is 17.6 Å². The Balaban J connectivity index is 2.07. The van der Waals surface area contributed by atoms with E-state index in [-0.39, 0.29) is 23.6 Å². The Labute approximate surface area is 139 Å².